The fourth-order valence-electron chi connectivity index (χ4n) is 16.0. The summed E-state index contributed by atoms with van der Waals surface area (Å²) in [6.07, 6.45) is 16.2. The van der Waals surface area contributed by atoms with Crippen LogP contribution in [0.5, 0.6) is 0 Å². The van der Waals surface area contributed by atoms with E-state index >= 15 is 0 Å². The zero-order chi connectivity index (χ0) is 96.1. The van der Waals surface area contributed by atoms with Crippen LogP contribution in [0, 0.1) is 52.4 Å². The third kappa shape index (κ3) is 31.7. The van der Waals surface area contributed by atoms with Gasteiger partial charge in [0.1, 0.15) is 12.5 Å². The van der Waals surface area contributed by atoms with E-state index in [0.717, 1.165) is 132 Å². The molecule has 0 aliphatic carbocycles. The molecule has 2 aromatic heterocycles. The maximum atomic E-state index is 11.8. The average molecular weight is 2220 g/mol. The van der Waals surface area contributed by atoms with Crippen LogP contribution in [0.15, 0.2) is 271 Å². The van der Waals surface area contributed by atoms with Crippen molar-refractivity contribution in [3.8, 4) is 0 Å². The summed E-state index contributed by atoms with van der Waals surface area (Å²) >= 11 is 0. The smallest absolute Gasteiger partial charge is 0.321 e. The van der Waals surface area contributed by atoms with Crippen molar-refractivity contribution in [2.45, 2.75) is 97.1 Å². The number of anilines is 6. The molecule has 2 radical (unpaired) electrons. The van der Waals surface area contributed by atoms with Gasteiger partial charge in [0, 0.05) is 245 Å². The number of likely N-dealkylation sites (N-methyl/N-ethyl adjacent to an activating group) is 3. The number of urea groups is 1. The molecule has 0 unspecified atom stereocenters. The Morgan fingerprint density at radius 2 is 0.842 bits per heavy atom. The molecule has 11 heterocycles. The number of piperidine rings is 1. The fourth-order valence-corrected chi connectivity index (χ4v) is 16.0. The summed E-state index contributed by atoms with van der Waals surface area (Å²) in [6.45, 7) is 6.17. The number of fused-ring (bicyclic) bond motifs is 10. The number of para-hydroxylation sites is 7. The fraction of sp³-hybridized carbons (Fsp3) is 0.284. The average Bonchev–Trinajstić information content (AvgIpc) is 0.828. The van der Waals surface area contributed by atoms with Gasteiger partial charge < -0.3 is 83.5 Å². The second-order valence-electron chi connectivity index (χ2n) is 33.8. The molecule has 10 amide bonds. The van der Waals surface area contributed by atoms with Gasteiger partial charge in [0.2, 0.25) is 29.5 Å². The Hall–Kier alpha value is -12.5. The van der Waals surface area contributed by atoms with E-state index in [1.165, 1.54) is 62.5 Å². The van der Waals surface area contributed by atoms with E-state index in [4.69, 9.17) is 0 Å². The molecule has 27 nitrogen and oxygen atoms in total. The number of aromatic nitrogens is 3. The number of rotatable bonds is 0. The summed E-state index contributed by atoms with van der Waals surface area (Å²) in [7, 11) is 19.9. The Morgan fingerprint density at radius 3 is 1.47 bits per heavy atom. The molecule has 10 aromatic carbocycles. The Morgan fingerprint density at radius 1 is 0.367 bits per heavy atom. The van der Waals surface area contributed by atoms with Gasteiger partial charge in [-0.15, -0.1) is 12.5 Å². The van der Waals surface area contributed by atoms with Crippen molar-refractivity contribution in [1.29, 1.82) is 0 Å². The SMILES string of the molecule is CC(=O)N1CN(C)C(=O)c2ccccc21.CN1C(=O)CCCCc2ccccc21.CN1C(=O)CCCc2ccccc21.CN1CC(=O)[CH-]c2ccccc21.CN1CCCCC1=O.CN1CCc2ccccc2C1=O.CN1CNc2ccccc2C1=O.CN1Cc2ccccc2CC1=O.CN1Cc2ccccc2NC1=O.Cn1ccc2ccccc2c1=O.Cn1cnc2ccccc2c1=O.[CH3-].[CH3-].[U].[V].[Y]. The predicted molar refractivity (Wildman–Crippen MR) is 543 cm³/mol. The Labute approximate surface area is 877 Å². The van der Waals surface area contributed by atoms with E-state index in [1.54, 1.807) is 116 Å². The van der Waals surface area contributed by atoms with E-state index in [0.29, 0.717) is 68.2 Å². The van der Waals surface area contributed by atoms with Crippen molar-refractivity contribution < 1.29 is 130 Å². The van der Waals surface area contributed by atoms with Crippen LogP contribution in [0.4, 0.5) is 38.9 Å². The third-order valence-corrected chi connectivity index (χ3v) is 23.9. The number of aryl methyl sites for hydroxylation is 4. The molecule has 1 saturated heterocycles. The Kier molecular flexibility index (Phi) is 46.8. The first-order valence-electron chi connectivity index (χ1n) is 45.0. The minimum absolute atomic E-state index is 0. The van der Waals surface area contributed by atoms with Crippen LogP contribution in [0.2, 0.25) is 0 Å². The number of carbonyl (C=O) groups is 10. The molecular formula is C109H126N15O12UVY-3. The van der Waals surface area contributed by atoms with Crippen molar-refractivity contribution in [2.24, 2.45) is 14.1 Å². The summed E-state index contributed by atoms with van der Waals surface area (Å²) in [5, 5.41) is 8.39. The van der Waals surface area contributed by atoms with Crippen molar-refractivity contribution in [2.75, 3.05) is 127 Å². The van der Waals surface area contributed by atoms with Crippen molar-refractivity contribution in [3.05, 3.63) is 359 Å². The minimum atomic E-state index is -0.0539. The van der Waals surface area contributed by atoms with Crippen LogP contribution in [0.3, 0.4) is 0 Å². The van der Waals surface area contributed by atoms with Crippen LogP contribution in [-0.4, -0.2) is 199 Å². The Bertz CT molecular complexity index is 6130. The number of pyridine rings is 1. The van der Waals surface area contributed by atoms with E-state index in [-0.39, 0.29) is 162 Å². The van der Waals surface area contributed by atoms with Crippen molar-refractivity contribution in [1.82, 2.24) is 43.5 Å². The number of nitrogens with zero attached hydrogens (tertiary/aromatic N) is 13. The largest absolute Gasteiger partial charge is 0.420 e. The second kappa shape index (κ2) is 56.5. The maximum Gasteiger partial charge on any atom is 0.321 e. The van der Waals surface area contributed by atoms with E-state index in [9.17, 15) is 57.5 Å². The normalized spacial score (nSPS) is 14.7. The van der Waals surface area contributed by atoms with Crippen LogP contribution >= 0.6 is 0 Å². The van der Waals surface area contributed by atoms with Crippen molar-refractivity contribution in [3.63, 3.8) is 0 Å². The van der Waals surface area contributed by atoms with Gasteiger partial charge in [0.05, 0.1) is 53.7 Å². The predicted octanol–water partition coefficient (Wildman–Crippen LogP) is 16.0. The number of benzene rings is 10. The molecule has 1 fully saturated rings. The minimum Gasteiger partial charge on any atom is -0.420 e. The molecule has 139 heavy (non-hydrogen) atoms. The van der Waals surface area contributed by atoms with Crippen LogP contribution in [-0.2, 0) is 133 Å². The summed E-state index contributed by atoms with van der Waals surface area (Å²) in [5.74, 6) is 1.30. The monoisotopic (exact) mass is 2210 g/mol. The van der Waals surface area contributed by atoms with Crippen LogP contribution in [0.1, 0.15) is 128 Å². The van der Waals surface area contributed by atoms with E-state index in [2.05, 4.69) is 33.8 Å². The summed E-state index contributed by atoms with van der Waals surface area (Å²) in [4.78, 5) is 158. The number of likely N-dealkylation sites (tertiary alicyclic amines) is 1. The molecule has 30 heteroatoms. The number of hydrogen-bond donors (Lipinski definition) is 2. The number of ketones is 1. The third-order valence-electron chi connectivity index (χ3n) is 23.9. The quantitative estimate of drug-likeness (QED) is 0.133. The number of Topliss-reactive ketones (excluding diaryl/α,β-unsaturated/α-hetero) is 1. The molecule has 9 aliphatic heterocycles. The molecule has 12 aromatic rings. The van der Waals surface area contributed by atoms with Gasteiger partial charge in [-0.05, 0) is 170 Å². The number of amides is 10. The molecular weight excluding hydrogens is 2090 g/mol. The van der Waals surface area contributed by atoms with Gasteiger partial charge in [-0.3, -0.25) is 52.8 Å². The number of hydrogen-bond acceptors (Lipinski definition) is 15. The van der Waals surface area contributed by atoms with Gasteiger partial charge in [0.15, 0.2) is 0 Å². The summed E-state index contributed by atoms with van der Waals surface area (Å²) < 4.78 is 3.06. The zero-order valence-electron chi connectivity index (χ0n) is 82.1. The number of nitrogens with one attached hydrogen (secondary N) is 2. The van der Waals surface area contributed by atoms with Gasteiger partial charge in [0.25, 0.3) is 28.8 Å². The molecule has 21 rings (SSSR count). The molecule has 2 N–H and O–H groups in total. The second-order valence-corrected chi connectivity index (χ2v) is 33.8. The Balaban J connectivity index is 0.000000234. The number of carbonyl (C=O) groups excluding carboxylic acids is 10. The molecule has 724 valence electrons. The van der Waals surface area contributed by atoms with Crippen LogP contribution in [0.25, 0.3) is 21.7 Å². The summed E-state index contributed by atoms with van der Waals surface area (Å²) in [5.41, 5.74) is 17.3. The molecule has 0 bridgehead atoms. The molecule has 0 saturated carbocycles. The van der Waals surface area contributed by atoms with Crippen LogP contribution < -0.4 is 41.4 Å². The first-order chi connectivity index (χ1) is 64.5. The standard InChI is InChI=1S/C12H15NO.C11H12N2O2.C11H13NO.C10H10NO.2C10H11NO.C10H9NO.C9H10N2O.C9H8N2O.C9H10N2O.C6H11NO.2CH3.U.V.Y/c1-13-11-8-4-2-6-10(11)7-3-5-9-12(13)14;1-8(14)13-7-12(2)11(15)9-5-3-4-6-10(9)13;1-12-10-7-3-2-5-9(10)6-4-8-11(12)13;1-11-7-9(12)6-8-4-2-3-5-10(8)11;1-11-7-9-5-3-2-4-8(9)6-10(11)12;2*1-11-7-6-8-4-2-3-5-9(8)10(11)12;2*1-11-6-10-8-5-3-2-4-7(8)9(11)12;1-11-6-7-4-2-3-5-8(7)10-9(11)12;1-7-5-3-2-4-6(7)8;;;;;/h2,4,6,8H,3,5,7,9H2,1H3;3-6H,7H2,1-2H3;2-3,5,7H,4,6,8H2,1H3;2-6H,7H2,1H3;2*2-5H,6-7H2,1H3;2-7H,1H3;2-5,10H,6H2,1H3;2-6H,1H3;2-5H,6H2,1H3,(H,10,12);2-5H2,1H3;2*1H3;;;/q;;;-1;;;;;;;;2*-1;;;. The van der Waals surface area contributed by atoms with E-state index in [1.807, 2.05) is 253 Å². The topological polar surface area (TPSA) is 284 Å². The van der Waals surface area contributed by atoms with Gasteiger partial charge >= 0.3 is 6.03 Å². The first kappa shape index (κ1) is 115. The summed E-state index contributed by atoms with van der Waals surface area (Å²) in [6, 6.07) is 79.5. The van der Waals surface area contributed by atoms with Gasteiger partial charge in [-0.25, -0.2) is 9.78 Å². The first-order valence-corrected chi connectivity index (χ1v) is 45.0. The van der Waals surface area contributed by atoms with E-state index < -0.39 is 0 Å². The molecule has 0 spiro atoms. The van der Waals surface area contributed by atoms with Crippen molar-refractivity contribution >= 4 is 115 Å². The van der Waals surface area contributed by atoms with Gasteiger partial charge in [-0.1, -0.05) is 169 Å². The molecule has 9 aliphatic rings. The zero-order valence-corrected chi connectivity index (χ0v) is 90.5. The van der Waals surface area contributed by atoms with Gasteiger partial charge in [-0.2, -0.15) is 11.6 Å². The maximum absolute atomic E-state index is 11.8. The molecule has 0 atom stereocenters.